The van der Waals surface area contributed by atoms with Crippen molar-refractivity contribution in [3.05, 3.63) is 29.6 Å². The van der Waals surface area contributed by atoms with Crippen molar-refractivity contribution >= 4 is 9.47 Å². The molecule has 0 heterocycles. The summed E-state index contributed by atoms with van der Waals surface area (Å²) in [7, 11) is 2.00. The molecule has 0 saturated carbocycles. The van der Waals surface area contributed by atoms with Gasteiger partial charge in [0.1, 0.15) is 0 Å². The quantitative estimate of drug-likeness (QED) is 0.570. The molecule has 0 N–H and O–H groups in total. The zero-order valence-electron chi connectivity index (χ0n) is 5.60. The van der Waals surface area contributed by atoms with Crippen LogP contribution in [0.2, 0.25) is 0 Å². The number of aryl methyl sites for hydroxylation is 1. The number of hydrogen-bond acceptors (Lipinski definition) is 1. The first kappa shape index (κ1) is 7.49. The highest BCUT2D eigenvalue weighted by Crippen LogP contribution is 2.19. The SMILES string of the molecule is Cc1ccc(OP)c(F)c1. The largest absolute Gasteiger partial charge is 0.477 e. The summed E-state index contributed by atoms with van der Waals surface area (Å²) < 4.78 is 17.4. The normalized spacial score (nSPS) is 9.50. The fraction of sp³-hybridized carbons (Fsp3) is 0.143. The average molecular weight is 158 g/mol. The predicted molar refractivity (Wildman–Crippen MR) is 41.5 cm³/mol. The van der Waals surface area contributed by atoms with Gasteiger partial charge < -0.3 is 4.52 Å². The van der Waals surface area contributed by atoms with E-state index in [0.717, 1.165) is 5.56 Å². The Labute approximate surface area is 61.5 Å². The lowest BCUT2D eigenvalue weighted by atomic mass is 10.2. The highest BCUT2D eigenvalue weighted by atomic mass is 31.0. The van der Waals surface area contributed by atoms with Crippen molar-refractivity contribution in [2.75, 3.05) is 0 Å². The summed E-state index contributed by atoms with van der Waals surface area (Å²) >= 11 is 0. The number of hydrogen-bond donors (Lipinski definition) is 0. The molecule has 10 heavy (non-hydrogen) atoms. The van der Waals surface area contributed by atoms with Gasteiger partial charge in [0.2, 0.25) is 0 Å². The molecule has 0 aromatic heterocycles. The van der Waals surface area contributed by atoms with E-state index in [4.69, 9.17) is 0 Å². The van der Waals surface area contributed by atoms with Crippen LogP contribution in [0.5, 0.6) is 5.75 Å². The summed E-state index contributed by atoms with van der Waals surface area (Å²) in [5.41, 5.74) is 0.892. The van der Waals surface area contributed by atoms with Crippen LogP contribution in [0, 0.1) is 12.7 Å². The van der Waals surface area contributed by atoms with Gasteiger partial charge in [-0.1, -0.05) is 6.07 Å². The molecule has 0 radical (unpaired) electrons. The van der Waals surface area contributed by atoms with Crippen molar-refractivity contribution in [2.24, 2.45) is 0 Å². The van der Waals surface area contributed by atoms with Gasteiger partial charge in [-0.3, -0.25) is 0 Å². The second-order valence-electron chi connectivity index (χ2n) is 2.05. The molecular formula is C7H8FOP. The Hall–Kier alpha value is -0.620. The molecule has 1 unspecified atom stereocenters. The van der Waals surface area contributed by atoms with E-state index in [2.05, 4.69) is 4.52 Å². The summed E-state index contributed by atoms with van der Waals surface area (Å²) in [5, 5.41) is 0. The fourth-order valence-corrected chi connectivity index (χ4v) is 0.893. The van der Waals surface area contributed by atoms with E-state index in [1.165, 1.54) is 6.07 Å². The van der Waals surface area contributed by atoms with Crippen LogP contribution in [0.25, 0.3) is 0 Å². The smallest absolute Gasteiger partial charge is 0.165 e. The second kappa shape index (κ2) is 2.98. The molecule has 1 nitrogen and oxygen atoms in total. The molecular weight excluding hydrogens is 150 g/mol. The van der Waals surface area contributed by atoms with Crippen molar-refractivity contribution in [3.63, 3.8) is 0 Å². The van der Waals surface area contributed by atoms with Gasteiger partial charge in [0.15, 0.2) is 11.6 Å². The highest BCUT2D eigenvalue weighted by Gasteiger charge is 1.99. The molecule has 0 bridgehead atoms. The molecule has 1 atom stereocenters. The maximum Gasteiger partial charge on any atom is 0.165 e. The van der Waals surface area contributed by atoms with E-state index in [-0.39, 0.29) is 11.6 Å². The summed E-state index contributed by atoms with van der Waals surface area (Å²) in [5.74, 6) is -0.0643. The van der Waals surface area contributed by atoms with Gasteiger partial charge in [-0.05, 0) is 24.6 Å². The van der Waals surface area contributed by atoms with Gasteiger partial charge in [-0.2, -0.15) is 0 Å². The molecule has 1 aromatic rings. The van der Waals surface area contributed by atoms with Crippen LogP contribution < -0.4 is 4.52 Å². The standard InChI is InChI=1S/C7H8FOP/c1-5-2-3-7(9-10)6(8)4-5/h2-4H,10H2,1H3. The molecule has 0 saturated heterocycles. The maximum absolute atomic E-state index is 12.7. The van der Waals surface area contributed by atoms with Gasteiger partial charge in [0.25, 0.3) is 0 Å². The first-order chi connectivity index (χ1) is 4.74. The Morgan fingerprint density at radius 3 is 2.70 bits per heavy atom. The number of benzene rings is 1. The number of halogens is 1. The molecule has 3 heteroatoms. The van der Waals surface area contributed by atoms with Gasteiger partial charge in [-0.25, -0.2) is 4.39 Å². The third-order valence-electron chi connectivity index (χ3n) is 1.21. The fourth-order valence-electron chi connectivity index (χ4n) is 0.701. The van der Waals surface area contributed by atoms with Crippen LogP contribution >= 0.6 is 9.47 Å². The highest BCUT2D eigenvalue weighted by molar-refractivity contribution is 7.10. The predicted octanol–water partition coefficient (Wildman–Crippen LogP) is 2.30. The van der Waals surface area contributed by atoms with Crippen molar-refractivity contribution in [1.29, 1.82) is 0 Å². The molecule has 0 spiro atoms. The molecule has 0 aliphatic heterocycles. The second-order valence-corrected chi connectivity index (χ2v) is 2.29. The minimum absolute atomic E-state index is 0.260. The van der Waals surface area contributed by atoms with E-state index in [1.54, 1.807) is 12.1 Å². The lowest BCUT2D eigenvalue weighted by molar-refractivity contribution is 0.541. The van der Waals surface area contributed by atoms with Crippen LogP contribution in [0.1, 0.15) is 5.56 Å². The molecule has 0 amide bonds. The minimum Gasteiger partial charge on any atom is -0.477 e. The summed E-state index contributed by atoms with van der Waals surface area (Å²) in [6, 6.07) is 4.82. The van der Waals surface area contributed by atoms with Crippen LogP contribution in [0.15, 0.2) is 18.2 Å². The molecule has 1 rings (SSSR count). The van der Waals surface area contributed by atoms with Crippen LogP contribution in [-0.4, -0.2) is 0 Å². The first-order valence-electron chi connectivity index (χ1n) is 2.87. The first-order valence-corrected chi connectivity index (χ1v) is 3.34. The van der Waals surface area contributed by atoms with E-state index in [0.29, 0.717) is 0 Å². The van der Waals surface area contributed by atoms with Crippen molar-refractivity contribution in [3.8, 4) is 5.75 Å². The average Bonchev–Trinajstić information content (AvgIpc) is 1.88. The lowest BCUT2D eigenvalue weighted by Crippen LogP contribution is -1.82. The van der Waals surface area contributed by atoms with E-state index in [9.17, 15) is 4.39 Å². The third kappa shape index (κ3) is 1.45. The summed E-state index contributed by atoms with van der Waals surface area (Å²) in [6.45, 7) is 1.83. The van der Waals surface area contributed by atoms with Gasteiger partial charge in [0.05, 0.1) is 9.47 Å². The van der Waals surface area contributed by atoms with Crippen LogP contribution in [0.3, 0.4) is 0 Å². The van der Waals surface area contributed by atoms with Crippen molar-refractivity contribution < 1.29 is 8.91 Å². The Balaban J connectivity index is 3.07. The topological polar surface area (TPSA) is 9.23 Å². The van der Waals surface area contributed by atoms with E-state index >= 15 is 0 Å². The van der Waals surface area contributed by atoms with Gasteiger partial charge >= 0.3 is 0 Å². The zero-order chi connectivity index (χ0) is 7.56. The number of rotatable bonds is 1. The van der Waals surface area contributed by atoms with E-state index < -0.39 is 0 Å². The van der Waals surface area contributed by atoms with Crippen LogP contribution in [0.4, 0.5) is 4.39 Å². The third-order valence-corrected chi connectivity index (χ3v) is 1.47. The van der Waals surface area contributed by atoms with E-state index in [1.807, 2.05) is 16.4 Å². The van der Waals surface area contributed by atoms with Gasteiger partial charge in [-0.15, -0.1) is 0 Å². The summed E-state index contributed by atoms with van der Waals surface area (Å²) in [6.07, 6.45) is 0. The molecule has 0 aliphatic carbocycles. The minimum atomic E-state index is -0.324. The molecule has 1 aromatic carbocycles. The van der Waals surface area contributed by atoms with Crippen molar-refractivity contribution in [2.45, 2.75) is 6.92 Å². The maximum atomic E-state index is 12.7. The molecule has 0 fully saturated rings. The van der Waals surface area contributed by atoms with Crippen molar-refractivity contribution in [1.82, 2.24) is 0 Å². The Kier molecular flexibility index (Phi) is 2.23. The lowest BCUT2D eigenvalue weighted by Gasteiger charge is -2.00. The molecule has 54 valence electrons. The Morgan fingerprint density at radius 2 is 2.20 bits per heavy atom. The molecule has 0 aliphatic rings. The van der Waals surface area contributed by atoms with Gasteiger partial charge in [0, 0.05) is 0 Å². The Bertz CT molecular complexity index is 237. The zero-order valence-corrected chi connectivity index (χ0v) is 6.75. The Morgan fingerprint density at radius 1 is 1.50 bits per heavy atom. The summed E-state index contributed by atoms with van der Waals surface area (Å²) in [4.78, 5) is 0. The monoisotopic (exact) mass is 158 g/mol. The van der Waals surface area contributed by atoms with Crippen LogP contribution in [-0.2, 0) is 0 Å².